The summed E-state index contributed by atoms with van der Waals surface area (Å²) in [4.78, 5) is 17.2. The van der Waals surface area contributed by atoms with Gasteiger partial charge < -0.3 is 14.4 Å². The average Bonchev–Trinajstić information content (AvgIpc) is 2.93. The summed E-state index contributed by atoms with van der Waals surface area (Å²) in [6.07, 6.45) is 0. The molecule has 0 aromatic heterocycles. The van der Waals surface area contributed by atoms with Crippen LogP contribution in [0.1, 0.15) is 43.6 Å². The second-order valence-corrected chi connectivity index (χ2v) is 13.3. The maximum atomic E-state index is 12.5. The number of hydrogen-bond donors (Lipinski definition) is 1. The first-order valence-electron chi connectivity index (χ1n) is 13.5. The third-order valence-corrected chi connectivity index (χ3v) is 9.13. The quantitative estimate of drug-likeness (QED) is 0.393. The van der Waals surface area contributed by atoms with E-state index in [1.807, 2.05) is 37.3 Å². The summed E-state index contributed by atoms with van der Waals surface area (Å²) < 4.78 is 37.1. The zero-order chi connectivity index (χ0) is 28.9. The van der Waals surface area contributed by atoms with Crippen LogP contribution in [0.2, 0.25) is 0 Å². The number of nitrogens with zero attached hydrogens (tertiary/aromatic N) is 2. The molecule has 8 nitrogen and oxygen atoms in total. The Balaban J connectivity index is 1.35. The molecule has 1 fully saturated rings. The third-order valence-electron chi connectivity index (χ3n) is 7.06. The van der Waals surface area contributed by atoms with Crippen LogP contribution in [0.3, 0.4) is 0 Å². The lowest BCUT2D eigenvalue weighted by Crippen LogP contribution is -2.46. The van der Waals surface area contributed by atoms with Crippen LogP contribution in [-0.2, 0) is 16.6 Å². The van der Waals surface area contributed by atoms with Gasteiger partial charge in [-0.1, -0.05) is 24.3 Å². The van der Waals surface area contributed by atoms with E-state index >= 15 is 0 Å². The van der Waals surface area contributed by atoms with Gasteiger partial charge in [-0.15, -0.1) is 0 Å². The lowest BCUT2D eigenvalue weighted by atomic mass is 10.0. The zero-order valence-corrected chi connectivity index (χ0v) is 24.8. The molecule has 0 saturated carbocycles. The van der Waals surface area contributed by atoms with Crippen LogP contribution in [0.5, 0.6) is 11.5 Å². The number of carbonyl (C=O) groups excluding carboxylic acids is 1. The number of sulfonamides is 1. The van der Waals surface area contributed by atoms with Crippen molar-refractivity contribution >= 4 is 21.6 Å². The molecule has 3 aromatic rings. The second kappa shape index (κ2) is 12.3. The average molecular weight is 566 g/mol. The van der Waals surface area contributed by atoms with Crippen LogP contribution in [0.25, 0.3) is 11.1 Å². The highest BCUT2D eigenvalue weighted by molar-refractivity contribution is 7.91. The van der Waals surface area contributed by atoms with E-state index in [0.717, 1.165) is 66.6 Å². The molecular formula is C31H39N3O5S. The van der Waals surface area contributed by atoms with E-state index in [1.54, 1.807) is 40.0 Å². The SMILES string of the molecule is CCOc1cccc(-c2ccc(CN3CCN(c4ccc(C(=O)NS(=O)(=O)C(C)(C)C)cc4)CC3)c(OC)c2)c1. The zero-order valence-electron chi connectivity index (χ0n) is 23.9. The van der Waals surface area contributed by atoms with Crippen LogP contribution in [0, 0.1) is 0 Å². The lowest BCUT2D eigenvalue weighted by molar-refractivity contribution is 0.0980. The maximum absolute atomic E-state index is 12.5. The van der Waals surface area contributed by atoms with Crippen LogP contribution in [0.15, 0.2) is 66.7 Å². The summed E-state index contributed by atoms with van der Waals surface area (Å²) in [6.45, 7) is 11.5. The number of ether oxygens (including phenoxy) is 2. The Kier molecular flexibility index (Phi) is 9.05. The first-order valence-corrected chi connectivity index (χ1v) is 15.0. The molecule has 1 N–H and O–H groups in total. The van der Waals surface area contributed by atoms with Gasteiger partial charge in [-0.3, -0.25) is 9.69 Å². The molecule has 0 radical (unpaired) electrons. The van der Waals surface area contributed by atoms with Gasteiger partial charge in [0.05, 0.1) is 18.5 Å². The van der Waals surface area contributed by atoms with E-state index in [9.17, 15) is 13.2 Å². The van der Waals surface area contributed by atoms with Crippen molar-refractivity contribution in [3.05, 3.63) is 77.9 Å². The number of rotatable bonds is 9. The Hall–Kier alpha value is -3.56. The van der Waals surface area contributed by atoms with E-state index < -0.39 is 20.7 Å². The van der Waals surface area contributed by atoms with E-state index in [-0.39, 0.29) is 0 Å². The molecule has 1 aliphatic rings. The highest BCUT2D eigenvalue weighted by atomic mass is 32.2. The molecule has 4 rings (SSSR count). The molecule has 0 spiro atoms. The highest BCUT2D eigenvalue weighted by Crippen LogP contribution is 2.30. The van der Waals surface area contributed by atoms with E-state index in [2.05, 4.69) is 38.8 Å². The molecule has 0 bridgehead atoms. The second-order valence-electron chi connectivity index (χ2n) is 10.8. The Morgan fingerprint density at radius 2 is 1.60 bits per heavy atom. The monoisotopic (exact) mass is 565 g/mol. The summed E-state index contributed by atoms with van der Waals surface area (Å²) in [5, 5.41) is 0. The fourth-order valence-corrected chi connectivity index (χ4v) is 5.22. The summed E-state index contributed by atoms with van der Waals surface area (Å²) in [6, 6.07) is 21.5. The van der Waals surface area contributed by atoms with Gasteiger partial charge in [-0.2, -0.15) is 0 Å². The van der Waals surface area contributed by atoms with Crippen LogP contribution in [-0.4, -0.2) is 63.9 Å². The minimum Gasteiger partial charge on any atom is -0.496 e. The Morgan fingerprint density at radius 1 is 0.925 bits per heavy atom. The summed E-state index contributed by atoms with van der Waals surface area (Å²) in [5.41, 5.74) is 4.63. The van der Waals surface area contributed by atoms with Crippen LogP contribution < -0.4 is 19.1 Å². The number of amides is 1. The van der Waals surface area contributed by atoms with Gasteiger partial charge in [-0.25, -0.2) is 13.1 Å². The van der Waals surface area contributed by atoms with Gasteiger partial charge in [-0.05, 0) is 81.3 Å². The molecule has 214 valence electrons. The van der Waals surface area contributed by atoms with Gasteiger partial charge in [0.15, 0.2) is 0 Å². The number of carbonyl (C=O) groups is 1. The summed E-state index contributed by atoms with van der Waals surface area (Å²) in [5.74, 6) is 1.10. The third kappa shape index (κ3) is 6.95. The Labute approximate surface area is 238 Å². The molecule has 0 atom stereocenters. The van der Waals surface area contributed by atoms with Crippen LogP contribution in [0.4, 0.5) is 5.69 Å². The van der Waals surface area contributed by atoms with Crippen molar-refractivity contribution in [3.63, 3.8) is 0 Å². The number of anilines is 1. The number of methoxy groups -OCH3 is 1. The minimum absolute atomic E-state index is 0.315. The Morgan fingerprint density at radius 3 is 2.23 bits per heavy atom. The predicted octanol–water partition coefficient (Wildman–Crippen LogP) is 4.94. The first-order chi connectivity index (χ1) is 19.0. The van der Waals surface area contributed by atoms with Crippen molar-refractivity contribution in [2.24, 2.45) is 0 Å². The Bertz CT molecular complexity index is 1420. The predicted molar refractivity (Wildman–Crippen MR) is 160 cm³/mol. The van der Waals surface area contributed by atoms with Gasteiger partial charge in [0.2, 0.25) is 10.0 Å². The smallest absolute Gasteiger partial charge is 0.264 e. The molecule has 0 aliphatic carbocycles. The normalized spacial score (nSPS) is 14.6. The first kappa shape index (κ1) is 29.4. The van der Waals surface area contributed by atoms with E-state index in [1.165, 1.54) is 0 Å². The summed E-state index contributed by atoms with van der Waals surface area (Å²) in [7, 11) is -2.06. The fourth-order valence-electron chi connectivity index (χ4n) is 4.55. The van der Waals surface area contributed by atoms with E-state index in [0.29, 0.717) is 12.2 Å². The summed E-state index contributed by atoms with van der Waals surface area (Å²) >= 11 is 0. The largest absolute Gasteiger partial charge is 0.496 e. The minimum atomic E-state index is -3.76. The van der Waals surface area contributed by atoms with Crippen molar-refractivity contribution in [2.75, 3.05) is 44.8 Å². The number of benzene rings is 3. The molecule has 0 unspecified atom stereocenters. The van der Waals surface area contributed by atoms with Crippen molar-refractivity contribution in [3.8, 4) is 22.6 Å². The topological polar surface area (TPSA) is 88.2 Å². The van der Waals surface area contributed by atoms with Crippen molar-refractivity contribution < 1.29 is 22.7 Å². The molecule has 1 heterocycles. The van der Waals surface area contributed by atoms with Gasteiger partial charge in [0.25, 0.3) is 5.91 Å². The number of piperazine rings is 1. The van der Waals surface area contributed by atoms with Gasteiger partial charge in [0.1, 0.15) is 11.5 Å². The van der Waals surface area contributed by atoms with Crippen molar-refractivity contribution in [1.29, 1.82) is 0 Å². The van der Waals surface area contributed by atoms with Gasteiger partial charge in [0, 0.05) is 49.5 Å². The van der Waals surface area contributed by atoms with Gasteiger partial charge >= 0.3 is 0 Å². The van der Waals surface area contributed by atoms with E-state index in [4.69, 9.17) is 9.47 Å². The molecule has 9 heteroatoms. The molecule has 3 aromatic carbocycles. The molecule has 1 saturated heterocycles. The lowest BCUT2D eigenvalue weighted by Gasteiger charge is -2.36. The molecule has 40 heavy (non-hydrogen) atoms. The molecule has 1 aliphatic heterocycles. The fraction of sp³-hybridized carbons (Fsp3) is 0.387. The molecule has 1 amide bonds. The number of hydrogen-bond acceptors (Lipinski definition) is 7. The highest BCUT2D eigenvalue weighted by Gasteiger charge is 2.31. The molecular weight excluding hydrogens is 526 g/mol. The van der Waals surface area contributed by atoms with Crippen molar-refractivity contribution in [2.45, 2.75) is 39.0 Å². The maximum Gasteiger partial charge on any atom is 0.264 e. The standard InChI is InChI=1S/C31H39N3O5S/c1-6-39-28-9-7-8-24(20-28)25-10-11-26(29(21-25)38-5)22-33-16-18-34(19-17-33)27-14-12-23(13-15-27)30(35)32-40(36,37)31(2,3)4/h7-15,20-21H,6,16-19,22H2,1-5H3,(H,32,35). The van der Waals surface area contributed by atoms with Crippen molar-refractivity contribution in [1.82, 2.24) is 9.62 Å². The number of nitrogens with one attached hydrogen (secondary N) is 1. The van der Waals surface area contributed by atoms with Crippen LogP contribution >= 0.6 is 0 Å².